The standard InChI is InChI=1S/C13H14N2O2S/c1-17-9-4-5-10-11(6-9)15-13(14-10)18-7-12(16)8-2-3-8/h4-6,8H,2-3,7H2,1H3,(H,14,15). The van der Waals surface area contributed by atoms with E-state index in [-0.39, 0.29) is 0 Å². The summed E-state index contributed by atoms with van der Waals surface area (Å²) < 4.78 is 5.16. The molecule has 1 aliphatic rings. The Morgan fingerprint density at radius 2 is 2.39 bits per heavy atom. The molecule has 0 saturated heterocycles. The monoisotopic (exact) mass is 262 g/mol. The fraction of sp³-hybridized carbons (Fsp3) is 0.385. The van der Waals surface area contributed by atoms with Crippen LogP contribution in [0.3, 0.4) is 0 Å². The number of methoxy groups -OCH3 is 1. The van der Waals surface area contributed by atoms with Crippen molar-refractivity contribution >= 4 is 28.6 Å². The number of ether oxygens (including phenoxy) is 1. The molecule has 0 bridgehead atoms. The number of Topliss-reactive ketones (excluding diaryl/α,β-unsaturated/α-hetero) is 1. The molecule has 94 valence electrons. The molecule has 1 fully saturated rings. The van der Waals surface area contributed by atoms with E-state index in [0.717, 1.165) is 34.8 Å². The minimum absolute atomic E-state index is 0.321. The van der Waals surface area contributed by atoms with Gasteiger partial charge in [-0.05, 0) is 25.0 Å². The number of carbonyl (C=O) groups excluding carboxylic acids is 1. The molecule has 0 aliphatic heterocycles. The Morgan fingerprint density at radius 1 is 1.56 bits per heavy atom. The summed E-state index contributed by atoms with van der Waals surface area (Å²) in [5.74, 6) is 1.98. The first-order valence-electron chi connectivity index (χ1n) is 5.95. The van der Waals surface area contributed by atoms with Crippen molar-refractivity contribution in [2.75, 3.05) is 12.9 Å². The maximum Gasteiger partial charge on any atom is 0.166 e. The second-order valence-electron chi connectivity index (χ2n) is 4.45. The highest BCUT2D eigenvalue weighted by molar-refractivity contribution is 7.99. The van der Waals surface area contributed by atoms with Crippen LogP contribution in [0, 0.1) is 5.92 Å². The molecule has 0 atom stereocenters. The zero-order chi connectivity index (χ0) is 12.5. The van der Waals surface area contributed by atoms with Gasteiger partial charge in [0.05, 0.1) is 23.9 Å². The van der Waals surface area contributed by atoms with Gasteiger partial charge < -0.3 is 9.72 Å². The average Bonchev–Trinajstić information content (AvgIpc) is 3.15. The number of nitrogens with one attached hydrogen (secondary N) is 1. The van der Waals surface area contributed by atoms with Crippen molar-refractivity contribution in [3.8, 4) is 5.75 Å². The fourth-order valence-corrected chi connectivity index (χ4v) is 2.68. The molecule has 3 rings (SSSR count). The maximum absolute atomic E-state index is 11.6. The number of carbonyl (C=O) groups is 1. The molecule has 0 unspecified atom stereocenters. The Balaban J connectivity index is 1.73. The number of aromatic amines is 1. The summed E-state index contributed by atoms with van der Waals surface area (Å²) >= 11 is 1.48. The van der Waals surface area contributed by atoms with E-state index in [0.29, 0.717) is 17.5 Å². The van der Waals surface area contributed by atoms with Crippen LogP contribution >= 0.6 is 11.8 Å². The van der Waals surface area contributed by atoms with Gasteiger partial charge in [-0.3, -0.25) is 4.79 Å². The first-order chi connectivity index (χ1) is 8.76. The summed E-state index contributed by atoms with van der Waals surface area (Å²) in [6.07, 6.45) is 2.13. The van der Waals surface area contributed by atoms with E-state index in [9.17, 15) is 4.79 Å². The number of rotatable bonds is 5. The molecule has 2 aromatic rings. The lowest BCUT2D eigenvalue weighted by Crippen LogP contribution is -2.03. The van der Waals surface area contributed by atoms with Crippen LogP contribution in [0.1, 0.15) is 12.8 Å². The van der Waals surface area contributed by atoms with E-state index in [4.69, 9.17) is 4.74 Å². The summed E-state index contributed by atoms with van der Waals surface area (Å²) in [5, 5.41) is 0.798. The summed E-state index contributed by atoms with van der Waals surface area (Å²) in [7, 11) is 1.64. The summed E-state index contributed by atoms with van der Waals surface area (Å²) in [6, 6.07) is 5.71. The molecule has 1 aromatic heterocycles. The Labute approximate surface area is 109 Å². The first-order valence-corrected chi connectivity index (χ1v) is 6.94. The molecular weight excluding hydrogens is 248 g/mol. The van der Waals surface area contributed by atoms with Gasteiger partial charge in [-0.2, -0.15) is 0 Å². The van der Waals surface area contributed by atoms with Gasteiger partial charge in [0.15, 0.2) is 5.16 Å². The number of aromatic nitrogens is 2. The smallest absolute Gasteiger partial charge is 0.166 e. The van der Waals surface area contributed by atoms with Crippen LogP contribution in [0.15, 0.2) is 23.4 Å². The van der Waals surface area contributed by atoms with Crippen molar-refractivity contribution in [3.63, 3.8) is 0 Å². The number of fused-ring (bicyclic) bond motifs is 1. The van der Waals surface area contributed by atoms with Crippen LogP contribution < -0.4 is 4.74 Å². The topological polar surface area (TPSA) is 55.0 Å². The van der Waals surface area contributed by atoms with E-state index in [1.54, 1.807) is 7.11 Å². The number of hydrogen-bond acceptors (Lipinski definition) is 4. The van der Waals surface area contributed by atoms with E-state index in [1.807, 2.05) is 18.2 Å². The van der Waals surface area contributed by atoms with Crippen molar-refractivity contribution in [2.45, 2.75) is 18.0 Å². The van der Waals surface area contributed by atoms with Gasteiger partial charge >= 0.3 is 0 Å². The van der Waals surface area contributed by atoms with E-state index in [2.05, 4.69) is 9.97 Å². The molecule has 1 saturated carbocycles. The second-order valence-corrected chi connectivity index (χ2v) is 5.42. The van der Waals surface area contributed by atoms with Crippen LogP contribution in [0.5, 0.6) is 5.75 Å². The SMILES string of the molecule is COc1ccc2nc(SCC(=O)C3CC3)[nH]c2c1. The normalized spacial score (nSPS) is 14.9. The summed E-state index contributed by atoms with van der Waals surface area (Å²) in [5.41, 5.74) is 1.84. The van der Waals surface area contributed by atoms with Gasteiger partial charge in [0.2, 0.25) is 0 Å². The lowest BCUT2D eigenvalue weighted by atomic mass is 10.3. The minimum atomic E-state index is 0.321. The first kappa shape index (κ1) is 11.6. The van der Waals surface area contributed by atoms with E-state index in [1.165, 1.54) is 11.8 Å². The summed E-state index contributed by atoms with van der Waals surface area (Å²) in [4.78, 5) is 19.3. The van der Waals surface area contributed by atoms with Crippen molar-refractivity contribution in [1.29, 1.82) is 0 Å². The maximum atomic E-state index is 11.6. The number of benzene rings is 1. The number of nitrogens with zero attached hydrogens (tertiary/aromatic N) is 1. The van der Waals surface area contributed by atoms with Crippen LogP contribution in [0.2, 0.25) is 0 Å². The number of ketones is 1. The number of hydrogen-bond donors (Lipinski definition) is 1. The molecule has 5 heteroatoms. The van der Waals surface area contributed by atoms with E-state index >= 15 is 0 Å². The van der Waals surface area contributed by atoms with Gasteiger partial charge in [-0.1, -0.05) is 11.8 Å². The second kappa shape index (κ2) is 4.65. The van der Waals surface area contributed by atoms with Crippen molar-refractivity contribution < 1.29 is 9.53 Å². The third-order valence-corrected chi connectivity index (χ3v) is 3.95. The van der Waals surface area contributed by atoms with Crippen LogP contribution in [-0.4, -0.2) is 28.6 Å². The highest BCUT2D eigenvalue weighted by Crippen LogP contribution is 2.32. The highest BCUT2D eigenvalue weighted by Gasteiger charge is 2.29. The molecule has 18 heavy (non-hydrogen) atoms. The predicted molar refractivity (Wildman–Crippen MR) is 71.1 cm³/mol. The lowest BCUT2D eigenvalue weighted by Gasteiger charge is -1.96. The Hall–Kier alpha value is -1.49. The molecule has 1 aliphatic carbocycles. The van der Waals surface area contributed by atoms with Crippen molar-refractivity contribution in [1.82, 2.24) is 9.97 Å². The molecule has 0 amide bonds. The van der Waals surface area contributed by atoms with E-state index < -0.39 is 0 Å². The Kier molecular flexibility index (Phi) is 2.99. The van der Waals surface area contributed by atoms with Gasteiger partial charge in [-0.15, -0.1) is 0 Å². The molecular formula is C13H14N2O2S. The molecule has 1 heterocycles. The average molecular weight is 262 g/mol. The highest BCUT2D eigenvalue weighted by atomic mass is 32.2. The molecule has 1 N–H and O–H groups in total. The van der Waals surface area contributed by atoms with Crippen molar-refractivity contribution in [3.05, 3.63) is 18.2 Å². The molecule has 1 aromatic carbocycles. The van der Waals surface area contributed by atoms with Gasteiger partial charge in [0.25, 0.3) is 0 Å². The third kappa shape index (κ3) is 2.36. The largest absolute Gasteiger partial charge is 0.497 e. The van der Waals surface area contributed by atoms with Gasteiger partial charge in [0.1, 0.15) is 11.5 Å². The molecule has 0 spiro atoms. The Bertz CT molecular complexity index is 590. The lowest BCUT2D eigenvalue weighted by molar-refractivity contribution is -0.117. The fourth-order valence-electron chi connectivity index (χ4n) is 1.82. The molecule has 0 radical (unpaired) electrons. The number of imidazole rings is 1. The minimum Gasteiger partial charge on any atom is -0.497 e. The number of H-pyrrole nitrogens is 1. The summed E-state index contributed by atoms with van der Waals surface area (Å²) in [6.45, 7) is 0. The van der Waals surface area contributed by atoms with Crippen LogP contribution in [-0.2, 0) is 4.79 Å². The van der Waals surface area contributed by atoms with Gasteiger partial charge in [-0.25, -0.2) is 4.98 Å². The van der Waals surface area contributed by atoms with Crippen molar-refractivity contribution in [2.24, 2.45) is 5.92 Å². The van der Waals surface area contributed by atoms with Crippen LogP contribution in [0.4, 0.5) is 0 Å². The molecule has 4 nitrogen and oxygen atoms in total. The van der Waals surface area contributed by atoms with Crippen LogP contribution in [0.25, 0.3) is 11.0 Å². The zero-order valence-electron chi connectivity index (χ0n) is 10.1. The van der Waals surface area contributed by atoms with Gasteiger partial charge in [0, 0.05) is 12.0 Å². The predicted octanol–water partition coefficient (Wildman–Crippen LogP) is 2.64. The number of thioether (sulfide) groups is 1. The Morgan fingerprint density at radius 3 is 3.11 bits per heavy atom. The quantitative estimate of drug-likeness (QED) is 0.842. The zero-order valence-corrected chi connectivity index (χ0v) is 10.9. The third-order valence-electron chi connectivity index (χ3n) is 3.05.